The molecule has 0 bridgehead atoms. The molecule has 0 N–H and O–H groups in total. The van der Waals surface area contributed by atoms with Crippen molar-refractivity contribution in [1.82, 2.24) is 0 Å². The molecule has 0 unspecified atom stereocenters. The van der Waals surface area contributed by atoms with E-state index in [9.17, 15) is 0 Å². The van der Waals surface area contributed by atoms with Gasteiger partial charge in [0.05, 0.1) is 3.79 Å². The largest absolute Gasteiger partial charge is 0.370 e. The number of thiophene rings is 1. The van der Waals surface area contributed by atoms with Crippen molar-refractivity contribution >= 4 is 44.6 Å². The molecule has 0 amide bonds. The Morgan fingerprint density at radius 3 is 2.47 bits per heavy atom. The lowest BCUT2D eigenvalue weighted by Crippen LogP contribution is -2.15. The van der Waals surface area contributed by atoms with E-state index in [1.54, 1.807) is 11.3 Å². The average Bonchev–Trinajstić information content (AvgIpc) is 2.75. The van der Waals surface area contributed by atoms with E-state index in [1.165, 1.54) is 15.0 Å². The first-order valence-electron chi connectivity index (χ1n) is 5.28. The van der Waals surface area contributed by atoms with Crippen molar-refractivity contribution in [2.45, 2.75) is 12.4 Å². The number of alkyl halides is 1. The molecule has 0 saturated heterocycles. The van der Waals surface area contributed by atoms with Gasteiger partial charge in [-0.05, 0) is 50.6 Å². The lowest BCUT2D eigenvalue weighted by molar-refractivity contribution is 0.927. The van der Waals surface area contributed by atoms with Crippen LogP contribution in [0.25, 0.3) is 0 Å². The predicted octanol–water partition coefficient (Wildman–Crippen LogP) is 4.89. The van der Waals surface area contributed by atoms with Gasteiger partial charge in [0.15, 0.2) is 0 Å². The third-order valence-corrected chi connectivity index (χ3v) is 4.43. The van der Waals surface area contributed by atoms with Crippen LogP contribution in [-0.4, -0.2) is 7.05 Å². The number of nitrogens with zero attached hydrogens (tertiary/aromatic N) is 1. The van der Waals surface area contributed by atoms with Crippen LogP contribution in [0.5, 0.6) is 0 Å². The minimum atomic E-state index is 0.571. The number of anilines is 1. The first-order chi connectivity index (χ1) is 8.19. The summed E-state index contributed by atoms with van der Waals surface area (Å²) in [5.41, 5.74) is 3.69. The lowest BCUT2D eigenvalue weighted by Gasteiger charge is -2.18. The highest BCUT2D eigenvalue weighted by atomic mass is 79.9. The van der Waals surface area contributed by atoms with E-state index in [0.29, 0.717) is 5.88 Å². The molecule has 0 aliphatic rings. The SMILES string of the molecule is CN(Cc1csc(Br)c1)c1ccc(CCl)cc1. The molecule has 0 radical (unpaired) electrons. The predicted molar refractivity (Wildman–Crippen MR) is 80.1 cm³/mol. The molecule has 0 fully saturated rings. The van der Waals surface area contributed by atoms with Gasteiger partial charge >= 0.3 is 0 Å². The molecule has 1 heterocycles. The highest BCUT2D eigenvalue weighted by Gasteiger charge is 2.04. The number of hydrogen-bond donors (Lipinski definition) is 0. The minimum absolute atomic E-state index is 0.571. The normalized spacial score (nSPS) is 10.5. The highest BCUT2D eigenvalue weighted by molar-refractivity contribution is 9.11. The van der Waals surface area contributed by atoms with Gasteiger partial charge in [0, 0.05) is 25.2 Å². The van der Waals surface area contributed by atoms with Gasteiger partial charge in [-0.3, -0.25) is 0 Å². The Hall–Kier alpha value is -0.510. The zero-order chi connectivity index (χ0) is 12.3. The van der Waals surface area contributed by atoms with E-state index >= 15 is 0 Å². The van der Waals surface area contributed by atoms with E-state index in [4.69, 9.17) is 11.6 Å². The molecule has 1 aromatic carbocycles. The Morgan fingerprint density at radius 1 is 1.24 bits per heavy atom. The molecular weight excluding hydrogens is 318 g/mol. The zero-order valence-corrected chi connectivity index (χ0v) is 12.6. The van der Waals surface area contributed by atoms with Gasteiger partial charge in [-0.25, -0.2) is 0 Å². The maximum atomic E-state index is 5.77. The molecule has 0 saturated carbocycles. The number of halogens is 2. The van der Waals surface area contributed by atoms with Gasteiger partial charge in [0.1, 0.15) is 0 Å². The Kier molecular flexibility index (Phi) is 4.48. The van der Waals surface area contributed by atoms with Crippen molar-refractivity contribution in [2.75, 3.05) is 11.9 Å². The van der Waals surface area contributed by atoms with E-state index in [-0.39, 0.29) is 0 Å². The number of rotatable bonds is 4. The molecule has 0 aliphatic carbocycles. The summed E-state index contributed by atoms with van der Waals surface area (Å²) < 4.78 is 1.18. The van der Waals surface area contributed by atoms with Gasteiger partial charge in [0.25, 0.3) is 0 Å². The van der Waals surface area contributed by atoms with Crippen molar-refractivity contribution in [3.63, 3.8) is 0 Å². The van der Waals surface area contributed by atoms with Crippen LogP contribution in [0.3, 0.4) is 0 Å². The fraction of sp³-hybridized carbons (Fsp3) is 0.231. The summed E-state index contributed by atoms with van der Waals surface area (Å²) in [5, 5.41) is 2.17. The van der Waals surface area contributed by atoms with Crippen molar-refractivity contribution < 1.29 is 0 Å². The molecule has 0 spiro atoms. The zero-order valence-electron chi connectivity index (χ0n) is 9.49. The van der Waals surface area contributed by atoms with Crippen LogP contribution < -0.4 is 4.90 Å². The van der Waals surface area contributed by atoms with Crippen LogP contribution in [-0.2, 0) is 12.4 Å². The summed E-state index contributed by atoms with van der Waals surface area (Å²) in [6, 6.07) is 10.5. The van der Waals surface area contributed by atoms with Crippen molar-refractivity contribution in [2.24, 2.45) is 0 Å². The maximum Gasteiger partial charge on any atom is 0.0701 e. The second kappa shape index (κ2) is 5.89. The third kappa shape index (κ3) is 3.47. The molecule has 4 heteroatoms. The average molecular weight is 331 g/mol. The number of benzene rings is 1. The molecular formula is C13H13BrClNS. The van der Waals surface area contributed by atoms with Gasteiger partial charge in [-0.1, -0.05) is 12.1 Å². The van der Waals surface area contributed by atoms with Gasteiger partial charge in [0.2, 0.25) is 0 Å². The standard InChI is InChI=1S/C13H13BrClNS/c1-16(8-11-6-13(14)17-9-11)12-4-2-10(7-15)3-5-12/h2-6,9H,7-8H2,1H3. The van der Waals surface area contributed by atoms with Crippen molar-refractivity contribution in [3.05, 3.63) is 50.6 Å². The minimum Gasteiger partial charge on any atom is -0.370 e. The molecule has 0 aliphatic heterocycles. The molecule has 1 nitrogen and oxygen atoms in total. The summed E-state index contributed by atoms with van der Waals surface area (Å²) in [4.78, 5) is 2.23. The molecule has 17 heavy (non-hydrogen) atoms. The molecule has 0 atom stereocenters. The van der Waals surface area contributed by atoms with Crippen LogP contribution >= 0.6 is 38.9 Å². The maximum absolute atomic E-state index is 5.77. The molecule has 2 rings (SSSR count). The van der Waals surface area contributed by atoms with Crippen LogP contribution in [0, 0.1) is 0 Å². The smallest absolute Gasteiger partial charge is 0.0701 e. The second-order valence-electron chi connectivity index (χ2n) is 3.92. The van der Waals surface area contributed by atoms with E-state index in [2.05, 4.69) is 63.6 Å². The summed E-state index contributed by atoms with van der Waals surface area (Å²) in [5.74, 6) is 0.571. The van der Waals surface area contributed by atoms with Crippen LogP contribution in [0.1, 0.15) is 11.1 Å². The first kappa shape index (κ1) is 12.9. The monoisotopic (exact) mass is 329 g/mol. The third-order valence-electron chi connectivity index (χ3n) is 2.57. The molecule has 1 aromatic heterocycles. The van der Waals surface area contributed by atoms with Crippen LogP contribution in [0.2, 0.25) is 0 Å². The van der Waals surface area contributed by atoms with E-state index in [1.807, 2.05) is 0 Å². The highest BCUT2D eigenvalue weighted by Crippen LogP contribution is 2.23. The molecule has 2 aromatic rings. The molecule has 90 valence electrons. The van der Waals surface area contributed by atoms with Gasteiger partial charge in [-0.2, -0.15) is 0 Å². The van der Waals surface area contributed by atoms with Crippen molar-refractivity contribution in [1.29, 1.82) is 0 Å². The van der Waals surface area contributed by atoms with E-state index < -0.39 is 0 Å². The lowest BCUT2D eigenvalue weighted by atomic mass is 10.2. The Labute approximate surface area is 119 Å². The Morgan fingerprint density at radius 2 is 1.94 bits per heavy atom. The number of hydrogen-bond acceptors (Lipinski definition) is 2. The summed E-state index contributed by atoms with van der Waals surface area (Å²) in [7, 11) is 2.10. The van der Waals surface area contributed by atoms with E-state index in [0.717, 1.165) is 12.1 Å². The van der Waals surface area contributed by atoms with Gasteiger partial charge < -0.3 is 4.90 Å². The fourth-order valence-corrected chi connectivity index (χ4v) is 3.01. The van der Waals surface area contributed by atoms with Crippen LogP contribution in [0.15, 0.2) is 39.5 Å². The summed E-state index contributed by atoms with van der Waals surface area (Å²) in [6.45, 7) is 0.919. The first-order valence-corrected chi connectivity index (χ1v) is 7.48. The summed E-state index contributed by atoms with van der Waals surface area (Å²) in [6.07, 6.45) is 0. The fourth-order valence-electron chi connectivity index (χ4n) is 1.63. The second-order valence-corrected chi connectivity index (χ2v) is 6.47. The topological polar surface area (TPSA) is 3.24 Å². The Bertz CT molecular complexity index is 480. The van der Waals surface area contributed by atoms with Crippen LogP contribution in [0.4, 0.5) is 5.69 Å². The van der Waals surface area contributed by atoms with Crippen molar-refractivity contribution in [3.8, 4) is 0 Å². The quantitative estimate of drug-likeness (QED) is 0.722. The van der Waals surface area contributed by atoms with Gasteiger partial charge in [-0.15, -0.1) is 22.9 Å². The Balaban J connectivity index is 2.06. The summed E-state index contributed by atoms with van der Waals surface area (Å²) >= 11 is 11.0.